The molecule has 0 heterocycles. The largest absolute Gasteiger partial charge is 0.391 e. The van der Waals surface area contributed by atoms with Gasteiger partial charge in [-0.2, -0.15) is 0 Å². The van der Waals surface area contributed by atoms with Gasteiger partial charge in [-0.1, -0.05) is 6.07 Å². The van der Waals surface area contributed by atoms with Crippen LogP contribution in [0.3, 0.4) is 0 Å². The molecule has 3 N–H and O–H groups in total. The monoisotopic (exact) mass is 230 g/mol. The van der Waals surface area contributed by atoms with Crippen LogP contribution in [0.5, 0.6) is 0 Å². The molecule has 0 amide bonds. The van der Waals surface area contributed by atoms with Crippen molar-refractivity contribution in [3.05, 3.63) is 29.3 Å². The van der Waals surface area contributed by atoms with Gasteiger partial charge >= 0.3 is 0 Å². The van der Waals surface area contributed by atoms with E-state index in [1.165, 1.54) is 11.0 Å². The second-order valence-corrected chi connectivity index (χ2v) is 3.86. The van der Waals surface area contributed by atoms with Gasteiger partial charge in [0.05, 0.1) is 11.8 Å². The van der Waals surface area contributed by atoms with Gasteiger partial charge in [0.1, 0.15) is 0 Å². The molecule has 90 valence electrons. The van der Waals surface area contributed by atoms with Crippen molar-refractivity contribution in [3.8, 4) is 0 Å². The summed E-state index contributed by atoms with van der Waals surface area (Å²) in [5, 5.41) is 9.42. The van der Waals surface area contributed by atoms with Crippen LogP contribution in [0.25, 0.3) is 0 Å². The minimum Gasteiger partial charge on any atom is -0.391 e. The van der Waals surface area contributed by atoms with E-state index in [-0.39, 0.29) is 18.7 Å². The fraction of sp³-hybridized carbons (Fsp3) is 0.455. The highest BCUT2D eigenvalue weighted by molar-refractivity contribution is 5.54. The Morgan fingerprint density at radius 3 is 2.50 bits per heavy atom. The van der Waals surface area contributed by atoms with Crippen molar-refractivity contribution in [2.24, 2.45) is 5.73 Å². The fourth-order valence-electron chi connectivity index (χ4n) is 1.57. The number of nitrogens with two attached hydrogens (primary N) is 1. The van der Waals surface area contributed by atoms with Gasteiger partial charge in [-0.05, 0) is 11.6 Å². The molecular formula is C11H16F2N2O. The van der Waals surface area contributed by atoms with Gasteiger partial charge in [0.2, 0.25) is 0 Å². The number of anilines is 1. The van der Waals surface area contributed by atoms with Crippen molar-refractivity contribution in [2.75, 3.05) is 25.5 Å². The van der Waals surface area contributed by atoms with E-state index in [9.17, 15) is 13.9 Å². The number of aliphatic hydroxyl groups is 1. The van der Waals surface area contributed by atoms with Gasteiger partial charge in [0.25, 0.3) is 0 Å². The van der Waals surface area contributed by atoms with Gasteiger partial charge < -0.3 is 15.7 Å². The highest BCUT2D eigenvalue weighted by atomic mass is 19.2. The molecule has 1 unspecified atom stereocenters. The van der Waals surface area contributed by atoms with Crippen LogP contribution in [-0.4, -0.2) is 31.9 Å². The zero-order chi connectivity index (χ0) is 12.3. The Kier molecular flexibility index (Phi) is 4.20. The third-order valence-electron chi connectivity index (χ3n) is 2.33. The Balaban J connectivity index is 3.13. The molecular weight excluding hydrogens is 214 g/mol. The maximum absolute atomic E-state index is 13.5. The smallest absolute Gasteiger partial charge is 0.182 e. The molecule has 0 bridgehead atoms. The van der Waals surface area contributed by atoms with Crippen molar-refractivity contribution in [1.29, 1.82) is 0 Å². The fourth-order valence-corrected chi connectivity index (χ4v) is 1.57. The predicted octanol–water partition coefficient (Wildman–Crippen LogP) is 0.893. The minimum atomic E-state index is -0.897. The summed E-state index contributed by atoms with van der Waals surface area (Å²) in [6.45, 7) is 0.0892. The Labute approximate surface area is 93.5 Å². The molecule has 0 aliphatic carbocycles. The van der Waals surface area contributed by atoms with E-state index in [0.717, 1.165) is 6.07 Å². The first-order valence-corrected chi connectivity index (χ1v) is 4.99. The molecule has 1 atom stereocenters. The molecule has 1 rings (SSSR count). The predicted molar refractivity (Wildman–Crippen MR) is 59.5 cm³/mol. The number of aliphatic hydroxyl groups excluding tert-OH is 1. The van der Waals surface area contributed by atoms with Gasteiger partial charge in [-0.15, -0.1) is 0 Å². The third-order valence-corrected chi connectivity index (χ3v) is 2.33. The van der Waals surface area contributed by atoms with Crippen LogP contribution in [0.1, 0.15) is 5.56 Å². The summed E-state index contributed by atoms with van der Waals surface area (Å²) >= 11 is 0. The van der Waals surface area contributed by atoms with Crippen molar-refractivity contribution in [3.63, 3.8) is 0 Å². The average Bonchev–Trinajstić information content (AvgIpc) is 2.23. The molecule has 0 radical (unpaired) electrons. The molecule has 0 fully saturated rings. The first kappa shape index (κ1) is 12.9. The van der Waals surface area contributed by atoms with Crippen LogP contribution >= 0.6 is 0 Å². The zero-order valence-electron chi connectivity index (χ0n) is 9.37. The van der Waals surface area contributed by atoms with E-state index in [4.69, 9.17) is 5.73 Å². The summed E-state index contributed by atoms with van der Waals surface area (Å²) in [5.74, 6) is -1.79. The quantitative estimate of drug-likeness (QED) is 0.807. The maximum Gasteiger partial charge on any atom is 0.182 e. The summed E-state index contributed by atoms with van der Waals surface area (Å²) in [5.41, 5.74) is 5.99. The van der Waals surface area contributed by atoms with E-state index in [0.29, 0.717) is 5.56 Å². The summed E-state index contributed by atoms with van der Waals surface area (Å²) in [4.78, 5) is 1.48. The molecule has 16 heavy (non-hydrogen) atoms. The number of rotatable bonds is 4. The lowest BCUT2D eigenvalue weighted by atomic mass is 10.0. The number of benzene rings is 1. The molecule has 0 aliphatic heterocycles. The Hall–Kier alpha value is -1.20. The van der Waals surface area contributed by atoms with Crippen molar-refractivity contribution < 1.29 is 13.9 Å². The molecule has 0 aromatic heterocycles. The number of halogens is 2. The van der Waals surface area contributed by atoms with E-state index < -0.39 is 17.7 Å². The first-order valence-electron chi connectivity index (χ1n) is 4.99. The second-order valence-electron chi connectivity index (χ2n) is 3.86. The minimum absolute atomic E-state index is 0.0892. The van der Waals surface area contributed by atoms with E-state index in [1.54, 1.807) is 14.1 Å². The Morgan fingerprint density at radius 2 is 2.00 bits per heavy atom. The molecule has 3 nitrogen and oxygen atoms in total. The highest BCUT2D eigenvalue weighted by Gasteiger charge is 2.16. The third kappa shape index (κ3) is 2.68. The Bertz CT molecular complexity index is 369. The van der Waals surface area contributed by atoms with Gasteiger partial charge in [0.15, 0.2) is 11.6 Å². The summed E-state index contributed by atoms with van der Waals surface area (Å²) in [6, 6.07) is 2.52. The zero-order valence-corrected chi connectivity index (χ0v) is 9.37. The molecule has 5 heteroatoms. The van der Waals surface area contributed by atoms with E-state index in [2.05, 4.69) is 0 Å². The maximum atomic E-state index is 13.5. The lowest BCUT2D eigenvalue weighted by Crippen LogP contribution is -2.24. The van der Waals surface area contributed by atoms with Crippen LogP contribution in [0, 0.1) is 11.6 Å². The van der Waals surface area contributed by atoms with Crippen molar-refractivity contribution in [2.45, 2.75) is 12.5 Å². The lowest BCUT2D eigenvalue weighted by Gasteiger charge is -2.20. The normalized spacial score (nSPS) is 12.6. The second kappa shape index (κ2) is 5.23. The SMILES string of the molecule is CN(C)c1c(CC(O)CN)ccc(F)c1F. The highest BCUT2D eigenvalue weighted by Crippen LogP contribution is 2.26. The average molecular weight is 230 g/mol. The summed E-state index contributed by atoms with van der Waals surface area (Å²) in [7, 11) is 3.24. The van der Waals surface area contributed by atoms with Crippen molar-refractivity contribution in [1.82, 2.24) is 0 Å². The topological polar surface area (TPSA) is 49.5 Å². The lowest BCUT2D eigenvalue weighted by molar-refractivity contribution is 0.183. The van der Waals surface area contributed by atoms with Gasteiger partial charge in [-0.3, -0.25) is 0 Å². The van der Waals surface area contributed by atoms with Crippen molar-refractivity contribution >= 4 is 5.69 Å². The standard InChI is InChI=1S/C11H16F2N2O/c1-15(2)11-7(5-8(16)6-14)3-4-9(12)10(11)13/h3-4,8,16H,5-6,14H2,1-2H3. The van der Waals surface area contributed by atoms with Crippen LogP contribution in [0.4, 0.5) is 14.5 Å². The van der Waals surface area contributed by atoms with Gasteiger partial charge in [0, 0.05) is 27.1 Å². The van der Waals surface area contributed by atoms with E-state index in [1.807, 2.05) is 0 Å². The molecule has 0 spiro atoms. The number of nitrogens with zero attached hydrogens (tertiary/aromatic N) is 1. The molecule has 0 saturated heterocycles. The summed E-state index contributed by atoms with van der Waals surface area (Å²) < 4.78 is 26.6. The summed E-state index contributed by atoms with van der Waals surface area (Å²) in [6.07, 6.45) is -0.537. The molecule has 0 saturated carbocycles. The number of hydrogen-bond acceptors (Lipinski definition) is 3. The first-order chi connectivity index (χ1) is 7.47. The molecule has 0 aliphatic rings. The van der Waals surface area contributed by atoms with Crippen LogP contribution in [0.2, 0.25) is 0 Å². The van der Waals surface area contributed by atoms with E-state index >= 15 is 0 Å². The Morgan fingerprint density at radius 1 is 1.38 bits per heavy atom. The number of hydrogen-bond donors (Lipinski definition) is 2. The van der Waals surface area contributed by atoms with Gasteiger partial charge in [-0.25, -0.2) is 8.78 Å². The molecule has 1 aromatic carbocycles. The molecule has 1 aromatic rings. The van der Waals surface area contributed by atoms with Crippen LogP contribution in [0.15, 0.2) is 12.1 Å². The van der Waals surface area contributed by atoms with Crippen LogP contribution < -0.4 is 10.6 Å². The van der Waals surface area contributed by atoms with Crippen LogP contribution in [-0.2, 0) is 6.42 Å².